The summed E-state index contributed by atoms with van der Waals surface area (Å²) in [4.78, 5) is 16.6. The molecule has 1 aliphatic rings. The van der Waals surface area contributed by atoms with E-state index >= 15 is 0 Å². The molecule has 4 heteroatoms. The van der Waals surface area contributed by atoms with E-state index in [1.54, 1.807) is 6.20 Å². The fourth-order valence-electron chi connectivity index (χ4n) is 3.27. The second kappa shape index (κ2) is 5.30. The molecule has 1 aliphatic heterocycles. The van der Waals surface area contributed by atoms with E-state index in [4.69, 9.17) is 0 Å². The summed E-state index contributed by atoms with van der Waals surface area (Å²) in [5, 5.41) is 4.05. The van der Waals surface area contributed by atoms with Crippen LogP contribution in [-0.4, -0.2) is 22.0 Å². The fraction of sp³-hybridized carbons (Fsp3) is 0.222. The van der Waals surface area contributed by atoms with Crippen molar-refractivity contribution in [3.8, 4) is 0 Å². The molecule has 110 valence electrons. The monoisotopic (exact) mass is 291 g/mol. The van der Waals surface area contributed by atoms with Crippen molar-refractivity contribution in [1.82, 2.24) is 14.9 Å². The van der Waals surface area contributed by atoms with Gasteiger partial charge in [0.25, 0.3) is 5.91 Å². The van der Waals surface area contributed by atoms with Crippen molar-refractivity contribution in [2.24, 2.45) is 0 Å². The van der Waals surface area contributed by atoms with Crippen LogP contribution in [0.25, 0.3) is 10.9 Å². The summed E-state index contributed by atoms with van der Waals surface area (Å²) in [6.07, 6.45) is 5.56. The standard InChI is InChI=1S/C18H17N3O/c22-18-17-14-6-1-2-7-15(14)21(16(17)8-4-10-20-18)12-13-5-3-9-19-11-13/h1-3,5-7,9,11H,4,8,10,12H2,(H,20,22). The second-order valence-electron chi connectivity index (χ2n) is 5.65. The van der Waals surface area contributed by atoms with E-state index in [1.165, 1.54) is 0 Å². The van der Waals surface area contributed by atoms with E-state index in [1.807, 2.05) is 30.5 Å². The van der Waals surface area contributed by atoms with Crippen LogP contribution in [0.5, 0.6) is 0 Å². The molecule has 0 unspecified atom stereocenters. The minimum absolute atomic E-state index is 0.0497. The molecule has 3 heterocycles. The van der Waals surface area contributed by atoms with Crippen molar-refractivity contribution in [2.75, 3.05) is 6.54 Å². The van der Waals surface area contributed by atoms with Crippen molar-refractivity contribution in [1.29, 1.82) is 0 Å². The quantitative estimate of drug-likeness (QED) is 0.789. The van der Waals surface area contributed by atoms with Gasteiger partial charge in [-0.2, -0.15) is 0 Å². The minimum Gasteiger partial charge on any atom is -0.352 e. The van der Waals surface area contributed by atoms with E-state index in [-0.39, 0.29) is 5.91 Å². The highest BCUT2D eigenvalue weighted by Crippen LogP contribution is 2.29. The van der Waals surface area contributed by atoms with Gasteiger partial charge in [0.15, 0.2) is 0 Å². The molecule has 0 bridgehead atoms. The first kappa shape index (κ1) is 13.1. The number of pyridine rings is 1. The molecule has 0 saturated carbocycles. The molecule has 0 spiro atoms. The Hall–Kier alpha value is -2.62. The van der Waals surface area contributed by atoms with Crippen molar-refractivity contribution >= 4 is 16.8 Å². The summed E-state index contributed by atoms with van der Waals surface area (Å²) < 4.78 is 2.27. The molecule has 0 fully saturated rings. The third-order valence-electron chi connectivity index (χ3n) is 4.25. The van der Waals surface area contributed by atoms with Crippen LogP contribution in [0.4, 0.5) is 0 Å². The van der Waals surface area contributed by atoms with Crippen LogP contribution in [0.1, 0.15) is 28.0 Å². The topological polar surface area (TPSA) is 46.9 Å². The molecule has 1 N–H and O–H groups in total. The predicted octanol–water partition coefficient (Wildman–Crippen LogP) is 2.76. The lowest BCUT2D eigenvalue weighted by molar-refractivity contribution is 0.0957. The van der Waals surface area contributed by atoms with Gasteiger partial charge >= 0.3 is 0 Å². The zero-order valence-electron chi connectivity index (χ0n) is 12.2. The first-order valence-electron chi connectivity index (χ1n) is 7.62. The van der Waals surface area contributed by atoms with Gasteiger partial charge in [0.05, 0.1) is 5.56 Å². The number of carbonyl (C=O) groups excluding carboxylic acids is 1. The summed E-state index contributed by atoms with van der Waals surface area (Å²) in [5.41, 5.74) is 4.25. The lowest BCUT2D eigenvalue weighted by Crippen LogP contribution is -2.22. The van der Waals surface area contributed by atoms with Gasteiger partial charge < -0.3 is 9.88 Å². The zero-order valence-corrected chi connectivity index (χ0v) is 12.2. The summed E-state index contributed by atoms with van der Waals surface area (Å²) in [6, 6.07) is 12.2. The maximum atomic E-state index is 12.4. The minimum atomic E-state index is 0.0497. The lowest BCUT2D eigenvalue weighted by atomic mass is 10.1. The Morgan fingerprint density at radius 2 is 2.09 bits per heavy atom. The van der Waals surface area contributed by atoms with Crippen molar-refractivity contribution in [2.45, 2.75) is 19.4 Å². The number of amides is 1. The third-order valence-corrected chi connectivity index (χ3v) is 4.25. The number of para-hydroxylation sites is 1. The molecule has 4 rings (SSSR count). The summed E-state index contributed by atoms with van der Waals surface area (Å²) in [6.45, 7) is 1.49. The molecule has 0 aliphatic carbocycles. The number of hydrogen-bond acceptors (Lipinski definition) is 2. The van der Waals surface area contributed by atoms with E-state index in [2.05, 4.69) is 27.0 Å². The van der Waals surface area contributed by atoms with Gasteiger partial charge in [-0.05, 0) is 30.5 Å². The molecule has 4 nitrogen and oxygen atoms in total. The van der Waals surface area contributed by atoms with E-state index in [0.29, 0.717) is 0 Å². The molecule has 0 atom stereocenters. The number of fused-ring (bicyclic) bond motifs is 3. The van der Waals surface area contributed by atoms with Crippen LogP contribution in [0, 0.1) is 0 Å². The average molecular weight is 291 g/mol. The molecular weight excluding hydrogens is 274 g/mol. The first-order valence-corrected chi connectivity index (χ1v) is 7.62. The van der Waals surface area contributed by atoms with Gasteiger partial charge in [-0.25, -0.2) is 0 Å². The number of carbonyl (C=O) groups is 1. The number of nitrogens with zero attached hydrogens (tertiary/aromatic N) is 2. The predicted molar refractivity (Wildman–Crippen MR) is 85.9 cm³/mol. The summed E-state index contributed by atoms with van der Waals surface area (Å²) in [7, 11) is 0. The van der Waals surface area contributed by atoms with E-state index < -0.39 is 0 Å². The smallest absolute Gasteiger partial charge is 0.253 e. The Kier molecular flexibility index (Phi) is 3.15. The van der Waals surface area contributed by atoms with Gasteiger partial charge in [0, 0.05) is 42.1 Å². The van der Waals surface area contributed by atoms with Gasteiger partial charge in [-0.15, -0.1) is 0 Å². The maximum absolute atomic E-state index is 12.4. The van der Waals surface area contributed by atoms with Gasteiger partial charge in [0.2, 0.25) is 0 Å². The number of hydrogen-bond donors (Lipinski definition) is 1. The van der Waals surface area contributed by atoms with Gasteiger partial charge in [0.1, 0.15) is 0 Å². The normalized spacial score (nSPS) is 14.5. The average Bonchev–Trinajstić information content (AvgIpc) is 2.73. The Labute approximate surface area is 128 Å². The summed E-state index contributed by atoms with van der Waals surface area (Å²) >= 11 is 0. The van der Waals surface area contributed by atoms with Crippen LogP contribution in [-0.2, 0) is 13.0 Å². The highest BCUT2D eigenvalue weighted by atomic mass is 16.1. The van der Waals surface area contributed by atoms with Crippen LogP contribution < -0.4 is 5.32 Å². The first-order chi connectivity index (χ1) is 10.8. The van der Waals surface area contributed by atoms with Crippen LogP contribution >= 0.6 is 0 Å². The maximum Gasteiger partial charge on any atom is 0.253 e. The largest absolute Gasteiger partial charge is 0.352 e. The molecule has 3 aromatic rings. The molecule has 1 amide bonds. The molecule has 1 aromatic carbocycles. The number of aromatic nitrogens is 2. The van der Waals surface area contributed by atoms with Crippen LogP contribution in [0.3, 0.4) is 0 Å². The molecule has 0 radical (unpaired) electrons. The van der Waals surface area contributed by atoms with E-state index in [0.717, 1.165) is 53.7 Å². The van der Waals surface area contributed by atoms with Gasteiger partial charge in [-0.3, -0.25) is 9.78 Å². The third kappa shape index (κ3) is 2.08. The second-order valence-corrected chi connectivity index (χ2v) is 5.65. The number of benzene rings is 1. The van der Waals surface area contributed by atoms with Crippen molar-refractivity contribution < 1.29 is 4.79 Å². The lowest BCUT2D eigenvalue weighted by Gasteiger charge is -2.10. The Balaban J connectivity index is 1.93. The van der Waals surface area contributed by atoms with Crippen molar-refractivity contribution in [3.05, 3.63) is 65.6 Å². The molecule has 22 heavy (non-hydrogen) atoms. The highest BCUT2D eigenvalue weighted by molar-refractivity contribution is 6.08. The zero-order chi connectivity index (χ0) is 14.9. The van der Waals surface area contributed by atoms with Crippen molar-refractivity contribution in [3.63, 3.8) is 0 Å². The number of nitrogens with one attached hydrogen (secondary N) is 1. The Morgan fingerprint density at radius 3 is 2.95 bits per heavy atom. The van der Waals surface area contributed by atoms with Crippen LogP contribution in [0.15, 0.2) is 48.8 Å². The SMILES string of the molecule is O=C1NCCCc2c1c1ccccc1n2Cc1cccnc1. The fourth-order valence-corrected chi connectivity index (χ4v) is 3.27. The number of rotatable bonds is 2. The van der Waals surface area contributed by atoms with E-state index in [9.17, 15) is 4.79 Å². The molecular formula is C18H17N3O. The van der Waals surface area contributed by atoms with Gasteiger partial charge in [-0.1, -0.05) is 24.3 Å². The summed E-state index contributed by atoms with van der Waals surface area (Å²) in [5.74, 6) is 0.0497. The highest BCUT2D eigenvalue weighted by Gasteiger charge is 2.24. The van der Waals surface area contributed by atoms with Crippen LogP contribution in [0.2, 0.25) is 0 Å². The molecule has 2 aromatic heterocycles. The Bertz CT molecular complexity index is 836. The Morgan fingerprint density at radius 1 is 1.18 bits per heavy atom. The molecule has 0 saturated heterocycles.